The van der Waals surface area contributed by atoms with Gasteiger partial charge in [-0.25, -0.2) is 0 Å². The van der Waals surface area contributed by atoms with Crippen LogP contribution in [0.15, 0.2) is 30.3 Å². The lowest BCUT2D eigenvalue weighted by atomic mass is 10.1. The lowest BCUT2D eigenvalue weighted by molar-refractivity contribution is -0.384. The highest BCUT2D eigenvalue weighted by molar-refractivity contribution is 5.91. The van der Waals surface area contributed by atoms with E-state index in [1.54, 1.807) is 23.1 Å². The average Bonchev–Trinajstić information content (AvgIpc) is 2.45. The molecule has 0 saturated carbocycles. The number of likely N-dealkylation sites (tertiary alicyclic amines) is 1. The summed E-state index contributed by atoms with van der Waals surface area (Å²) in [5.41, 5.74) is 6.63. The number of carbonyl (C=O) groups excluding carboxylic acids is 1. The molecule has 1 aromatic rings. The summed E-state index contributed by atoms with van der Waals surface area (Å²) in [4.78, 5) is 23.8. The Morgan fingerprint density at radius 3 is 2.70 bits per heavy atom. The van der Waals surface area contributed by atoms with Crippen LogP contribution in [0.5, 0.6) is 0 Å². The van der Waals surface area contributed by atoms with Gasteiger partial charge in [0.25, 0.3) is 5.69 Å². The standard InChI is InChI=1S/C14H17N3O3/c15-12-2-1-9-16(10-12)14(18)8-5-11-3-6-13(7-4-11)17(19)20/h3-8,12H,1-2,9-10,15H2/b8-5+. The number of hydrogen-bond donors (Lipinski definition) is 1. The third-order valence-electron chi connectivity index (χ3n) is 3.29. The van der Waals surface area contributed by atoms with Gasteiger partial charge >= 0.3 is 0 Å². The molecule has 0 spiro atoms. The van der Waals surface area contributed by atoms with Crippen molar-refractivity contribution in [3.8, 4) is 0 Å². The summed E-state index contributed by atoms with van der Waals surface area (Å²) in [7, 11) is 0. The number of carbonyl (C=O) groups is 1. The first kappa shape index (κ1) is 14.2. The molecule has 1 aliphatic heterocycles. The Labute approximate surface area is 117 Å². The van der Waals surface area contributed by atoms with Gasteiger partial charge in [-0.3, -0.25) is 14.9 Å². The Kier molecular flexibility index (Phi) is 4.47. The van der Waals surface area contributed by atoms with Crippen LogP contribution in [0.1, 0.15) is 18.4 Å². The molecule has 6 heteroatoms. The van der Waals surface area contributed by atoms with Gasteiger partial charge in [0, 0.05) is 37.3 Å². The number of benzene rings is 1. The van der Waals surface area contributed by atoms with Crippen molar-refractivity contribution >= 4 is 17.7 Å². The van der Waals surface area contributed by atoms with E-state index in [2.05, 4.69) is 0 Å². The van der Waals surface area contributed by atoms with E-state index in [9.17, 15) is 14.9 Å². The molecule has 2 rings (SSSR count). The smallest absolute Gasteiger partial charge is 0.269 e. The Morgan fingerprint density at radius 2 is 2.10 bits per heavy atom. The summed E-state index contributed by atoms with van der Waals surface area (Å²) in [5.74, 6) is -0.0708. The maximum Gasteiger partial charge on any atom is 0.269 e. The lowest BCUT2D eigenvalue weighted by Gasteiger charge is -2.29. The van der Waals surface area contributed by atoms with E-state index in [1.807, 2.05) is 0 Å². The third-order valence-corrected chi connectivity index (χ3v) is 3.29. The molecule has 1 saturated heterocycles. The van der Waals surface area contributed by atoms with Gasteiger partial charge < -0.3 is 10.6 Å². The highest BCUT2D eigenvalue weighted by Gasteiger charge is 2.19. The van der Waals surface area contributed by atoms with Crippen molar-refractivity contribution in [2.75, 3.05) is 13.1 Å². The van der Waals surface area contributed by atoms with Crippen LogP contribution < -0.4 is 5.73 Å². The highest BCUT2D eigenvalue weighted by Crippen LogP contribution is 2.13. The molecule has 0 aliphatic carbocycles. The summed E-state index contributed by atoms with van der Waals surface area (Å²) in [6.07, 6.45) is 5.03. The van der Waals surface area contributed by atoms with Crippen LogP contribution in [0, 0.1) is 10.1 Å². The molecule has 0 bridgehead atoms. The molecular weight excluding hydrogens is 258 g/mol. The van der Waals surface area contributed by atoms with Crippen molar-refractivity contribution in [1.29, 1.82) is 0 Å². The van der Waals surface area contributed by atoms with Crippen LogP contribution in [-0.2, 0) is 4.79 Å². The topological polar surface area (TPSA) is 89.5 Å². The van der Waals surface area contributed by atoms with Gasteiger partial charge in [0.05, 0.1) is 4.92 Å². The summed E-state index contributed by atoms with van der Waals surface area (Å²) in [6.45, 7) is 1.32. The van der Waals surface area contributed by atoms with Gasteiger partial charge in [-0.15, -0.1) is 0 Å². The van der Waals surface area contributed by atoms with Gasteiger partial charge in [0.2, 0.25) is 5.91 Å². The highest BCUT2D eigenvalue weighted by atomic mass is 16.6. The lowest BCUT2D eigenvalue weighted by Crippen LogP contribution is -2.45. The van der Waals surface area contributed by atoms with Gasteiger partial charge in [-0.2, -0.15) is 0 Å². The predicted molar refractivity (Wildman–Crippen MR) is 75.9 cm³/mol. The second-order valence-electron chi connectivity index (χ2n) is 4.87. The zero-order chi connectivity index (χ0) is 14.5. The number of nitro groups is 1. The minimum absolute atomic E-state index is 0.0375. The molecule has 1 heterocycles. The Hall–Kier alpha value is -2.21. The second kappa shape index (κ2) is 6.29. The zero-order valence-corrected chi connectivity index (χ0v) is 11.1. The maximum atomic E-state index is 12.0. The zero-order valence-electron chi connectivity index (χ0n) is 11.1. The summed E-state index contributed by atoms with van der Waals surface area (Å²) >= 11 is 0. The molecule has 1 aromatic carbocycles. The molecule has 1 unspecified atom stereocenters. The molecule has 0 aromatic heterocycles. The van der Waals surface area contributed by atoms with Crippen LogP contribution >= 0.6 is 0 Å². The molecule has 106 valence electrons. The van der Waals surface area contributed by atoms with Crippen molar-refractivity contribution < 1.29 is 9.72 Å². The molecule has 20 heavy (non-hydrogen) atoms. The monoisotopic (exact) mass is 275 g/mol. The normalized spacial score (nSPS) is 19.2. The van der Waals surface area contributed by atoms with Crippen LogP contribution in [0.4, 0.5) is 5.69 Å². The largest absolute Gasteiger partial charge is 0.338 e. The first-order valence-corrected chi connectivity index (χ1v) is 6.53. The Balaban J connectivity index is 1.97. The number of non-ortho nitro benzene ring substituents is 1. The predicted octanol–water partition coefficient (Wildman–Crippen LogP) is 1.56. The van der Waals surface area contributed by atoms with Crippen LogP contribution in [-0.4, -0.2) is 34.9 Å². The van der Waals surface area contributed by atoms with E-state index >= 15 is 0 Å². The molecule has 2 N–H and O–H groups in total. The number of rotatable bonds is 3. The SMILES string of the molecule is NC1CCCN(C(=O)/C=C/c2ccc([N+](=O)[O-])cc2)C1. The molecule has 1 fully saturated rings. The number of piperidine rings is 1. The molecule has 1 aliphatic rings. The summed E-state index contributed by atoms with van der Waals surface area (Å²) in [6, 6.07) is 6.12. The van der Waals surface area contributed by atoms with Crippen molar-refractivity contribution in [3.05, 3.63) is 46.0 Å². The molecule has 1 atom stereocenters. The van der Waals surface area contributed by atoms with E-state index in [-0.39, 0.29) is 17.6 Å². The Morgan fingerprint density at radius 1 is 1.40 bits per heavy atom. The fourth-order valence-corrected chi connectivity index (χ4v) is 2.19. The van der Waals surface area contributed by atoms with E-state index in [0.29, 0.717) is 6.54 Å². The molecular formula is C14H17N3O3. The minimum Gasteiger partial charge on any atom is -0.338 e. The van der Waals surface area contributed by atoms with Gasteiger partial charge in [-0.05, 0) is 36.6 Å². The second-order valence-corrected chi connectivity index (χ2v) is 4.87. The van der Waals surface area contributed by atoms with Crippen LogP contribution in [0.3, 0.4) is 0 Å². The number of hydrogen-bond acceptors (Lipinski definition) is 4. The first-order valence-electron chi connectivity index (χ1n) is 6.53. The molecule has 1 amide bonds. The quantitative estimate of drug-likeness (QED) is 0.515. The maximum absolute atomic E-state index is 12.0. The first-order chi connectivity index (χ1) is 9.56. The fourth-order valence-electron chi connectivity index (χ4n) is 2.19. The number of amides is 1. The minimum atomic E-state index is -0.451. The number of nitro benzene ring substituents is 1. The van der Waals surface area contributed by atoms with Crippen molar-refractivity contribution in [2.45, 2.75) is 18.9 Å². The van der Waals surface area contributed by atoms with Gasteiger partial charge in [-0.1, -0.05) is 0 Å². The third kappa shape index (κ3) is 3.64. The van der Waals surface area contributed by atoms with E-state index in [4.69, 9.17) is 5.73 Å². The van der Waals surface area contributed by atoms with Crippen molar-refractivity contribution in [2.24, 2.45) is 5.73 Å². The molecule has 6 nitrogen and oxygen atoms in total. The van der Waals surface area contributed by atoms with Crippen LogP contribution in [0.2, 0.25) is 0 Å². The van der Waals surface area contributed by atoms with Crippen molar-refractivity contribution in [1.82, 2.24) is 4.90 Å². The van der Waals surface area contributed by atoms with Gasteiger partial charge in [0.1, 0.15) is 0 Å². The average molecular weight is 275 g/mol. The van der Waals surface area contributed by atoms with Gasteiger partial charge in [0.15, 0.2) is 0 Å². The van der Waals surface area contributed by atoms with E-state index in [0.717, 1.165) is 24.9 Å². The number of nitrogens with two attached hydrogens (primary N) is 1. The van der Waals surface area contributed by atoms with Crippen molar-refractivity contribution in [3.63, 3.8) is 0 Å². The Bertz CT molecular complexity index is 525. The summed E-state index contributed by atoms with van der Waals surface area (Å²) < 4.78 is 0. The molecule has 0 radical (unpaired) electrons. The van der Waals surface area contributed by atoms with Crippen LogP contribution in [0.25, 0.3) is 6.08 Å². The fraction of sp³-hybridized carbons (Fsp3) is 0.357. The summed E-state index contributed by atoms with van der Waals surface area (Å²) in [5, 5.41) is 10.5. The van der Waals surface area contributed by atoms with E-state index < -0.39 is 4.92 Å². The number of nitrogens with zero attached hydrogens (tertiary/aromatic N) is 2. The van der Waals surface area contributed by atoms with E-state index in [1.165, 1.54) is 18.2 Å².